The molecule has 5 heteroatoms. The maximum atomic E-state index is 12.1. The Labute approximate surface area is 156 Å². The second kappa shape index (κ2) is 7.43. The summed E-state index contributed by atoms with van der Waals surface area (Å²) >= 11 is 0. The molecule has 5 nitrogen and oxygen atoms in total. The molecule has 0 fully saturated rings. The zero-order chi connectivity index (χ0) is 18.6. The number of H-pyrrole nitrogens is 1. The van der Waals surface area contributed by atoms with Crippen LogP contribution in [0.5, 0.6) is 0 Å². The van der Waals surface area contributed by atoms with Crippen LogP contribution in [0, 0.1) is 0 Å². The average molecular weight is 357 g/mol. The molecule has 1 atom stereocenters. The van der Waals surface area contributed by atoms with Crippen molar-refractivity contribution in [2.75, 3.05) is 11.9 Å². The topological polar surface area (TPSA) is 78.0 Å². The molecule has 134 valence electrons. The number of nitrogens with one attached hydrogen (secondary N) is 2. The molecule has 0 spiro atoms. The lowest BCUT2D eigenvalue weighted by molar-refractivity contribution is 0.191. The van der Waals surface area contributed by atoms with Crippen LogP contribution < -0.4 is 10.9 Å². The quantitative estimate of drug-likeness (QED) is 0.508. The molecule has 27 heavy (non-hydrogen) atoms. The summed E-state index contributed by atoms with van der Waals surface area (Å²) in [5.41, 5.74) is 3.44. The molecule has 3 aromatic carbocycles. The minimum Gasteiger partial charge on any atom is -0.387 e. The molecule has 0 saturated carbocycles. The van der Waals surface area contributed by atoms with Gasteiger partial charge in [-0.25, -0.2) is 4.98 Å². The molecule has 4 aromatic rings. The molecule has 4 rings (SSSR count). The van der Waals surface area contributed by atoms with E-state index in [1.807, 2.05) is 48.5 Å². The van der Waals surface area contributed by atoms with E-state index in [0.717, 1.165) is 16.7 Å². The second-order valence-corrected chi connectivity index (χ2v) is 6.32. The zero-order valence-corrected chi connectivity index (χ0v) is 14.6. The van der Waals surface area contributed by atoms with Gasteiger partial charge >= 0.3 is 0 Å². The number of aliphatic hydroxyl groups is 1. The normalized spacial score (nSPS) is 12.0. The average Bonchev–Trinajstić information content (AvgIpc) is 2.73. The van der Waals surface area contributed by atoms with Crippen LogP contribution in [0.25, 0.3) is 22.0 Å². The fourth-order valence-corrected chi connectivity index (χ4v) is 3.01. The summed E-state index contributed by atoms with van der Waals surface area (Å²) in [7, 11) is 0. The van der Waals surface area contributed by atoms with E-state index < -0.39 is 6.10 Å². The van der Waals surface area contributed by atoms with Gasteiger partial charge in [0.1, 0.15) is 0 Å². The highest BCUT2D eigenvalue weighted by Gasteiger charge is 2.09. The van der Waals surface area contributed by atoms with E-state index in [0.29, 0.717) is 16.9 Å². The third kappa shape index (κ3) is 3.73. The van der Waals surface area contributed by atoms with Gasteiger partial charge in [0.25, 0.3) is 5.56 Å². The van der Waals surface area contributed by atoms with Crippen molar-refractivity contribution in [2.24, 2.45) is 0 Å². The molecule has 1 unspecified atom stereocenters. The molecule has 0 aliphatic carbocycles. The fourth-order valence-electron chi connectivity index (χ4n) is 3.01. The number of nitrogens with zero attached hydrogens (tertiary/aromatic N) is 1. The van der Waals surface area contributed by atoms with Crippen molar-refractivity contribution in [3.05, 3.63) is 94.8 Å². The number of rotatable bonds is 5. The van der Waals surface area contributed by atoms with Crippen molar-refractivity contribution in [3.63, 3.8) is 0 Å². The Hall–Kier alpha value is -3.44. The van der Waals surface area contributed by atoms with Crippen LogP contribution in [-0.4, -0.2) is 21.6 Å². The highest BCUT2D eigenvalue weighted by atomic mass is 16.3. The summed E-state index contributed by atoms with van der Waals surface area (Å²) in [6, 6.07) is 25.0. The summed E-state index contributed by atoms with van der Waals surface area (Å²) in [4.78, 5) is 19.2. The molecule has 1 heterocycles. The van der Waals surface area contributed by atoms with Gasteiger partial charge < -0.3 is 10.4 Å². The fraction of sp³-hybridized carbons (Fsp3) is 0.0909. The third-order valence-corrected chi connectivity index (χ3v) is 4.48. The second-order valence-electron chi connectivity index (χ2n) is 6.32. The highest BCUT2D eigenvalue weighted by molar-refractivity contribution is 5.78. The van der Waals surface area contributed by atoms with Crippen molar-refractivity contribution in [1.82, 2.24) is 9.97 Å². The van der Waals surface area contributed by atoms with E-state index in [2.05, 4.69) is 27.4 Å². The molecule has 0 bridgehead atoms. The molecule has 0 aliphatic heterocycles. The number of hydrogen-bond donors (Lipinski definition) is 3. The van der Waals surface area contributed by atoms with Gasteiger partial charge in [0, 0.05) is 6.54 Å². The lowest BCUT2D eigenvalue weighted by atomic mass is 10.0. The molecule has 0 amide bonds. The maximum Gasteiger partial charge on any atom is 0.260 e. The Balaban J connectivity index is 1.46. The summed E-state index contributed by atoms with van der Waals surface area (Å²) in [5, 5.41) is 14.0. The standard InChI is InChI=1S/C22H19N3O2/c26-20(17-12-10-16(11-13-17)15-6-2-1-3-7-15)14-23-22-24-19-9-5-4-8-18(19)21(27)25-22/h1-13,20,26H,14H2,(H2,23,24,25,27). The van der Waals surface area contributed by atoms with Crippen LogP contribution in [0.3, 0.4) is 0 Å². The number of anilines is 1. The van der Waals surface area contributed by atoms with Gasteiger partial charge in [-0.3, -0.25) is 9.78 Å². The SMILES string of the molecule is O=c1[nH]c(NCC(O)c2ccc(-c3ccccc3)cc2)nc2ccccc12. The Kier molecular flexibility index (Phi) is 4.68. The predicted molar refractivity (Wildman–Crippen MR) is 108 cm³/mol. The first-order valence-electron chi connectivity index (χ1n) is 8.77. The molecular weight excluding hydrogens is 338 g/mol. The predicted octanol–water partition coefficient (Wildman–Crippen LogP) is 3.74. The number of hydrogen-bond acceptors (Lipinski definition) is 4. The molecular formula is C22H19N3O2. The lowest BCUT2D eigenvalue weighted by Gasteiger charge is -2.13. The van der Waals surface area contributed by atoms with Crippen molar-refractivity contribution in [2.45, 2.75) is 6.10 Å². The minimum atomic E-state index is -0.716. The summed E-state index contributed by atoms with van der Waals surface area (Å²) in [5.74, 6) is 0.346. The Bertz CT molecular complexity index is 1110. The van der Waals surface area contributed by atoms with E-state index >= 15 is 0 Å². The maximum absolute atomic E-state index is 12.1. The van der Waals surface area contributed by atoms with Gasteiger partial charge in [-0.2, -0.15) is 0 Å². The number of aromatic amines is 1. The van der Waals surface area contributed by atoms with Crippen LogP contribution >= 0.6 is 0 Å². The molecule has 3 N–H and O–H groups in total. The van der Waals surface area contributed by atoms with E-state index in [9.17, 15) is 9.90 Å². The third-order valence-electron chi connectivity index (χ3n) is 4.48. The molecule has 0 saturated heterocycles. The van der Waals surface area contributed by atoms with Gasteiger partial charge in [-0.15, -0.1) is 0 Å². The largest absolute Gasteiger partial charge is 0.387 e. The van der Waals surface area contributed by atoms with Crippen molar-refractivity contribution in [1.29, 1.82) is 0 Å². The number of aromatic nitrogens is 2. The van der Waals surface area contributed by atoms with Crippen molar-refractivity contribution < 1.29 is 5.11 Å². The van der Waals surface area contributed by atoms with Crippen molar-refractivity contribution in [3.8, 4) is 11.1 Å². The van der Waals surface area contributed by atoms with Gasteiger partial charge in [0.05, 0.1) is 17.0 Å². The summed E-state index contributed by atoms with van der Waals surface area (Å²) in [6.45, 7) is 0.242. The van der Waals surface area contributed by atoms with Crippen molar-refractivity contribution >= 4 is 16.9 Å². The number of para-hydroxylation sites is 1. The Morgan fingerprint density at radius 3 is 2.33 bits per heavy atom. The molecule has 1 aromatic heterocycles. The first kappa shape index (κ1) is 17.0. The monoisotopic (exact) mass is 357 g/mol. The van der Waals surface area contributed by atoms with Crippen LogP contribution in [0.15, 0.2) is 83.7 Å². The Morgan fingerprint density at radius 1 is 0.889 bits per heavy atom. The minimum absolute atomic E-state index is 0.204. The van der Waals surface area contributed by atoms with E-state index in [4.69, 9.17) is 0 Å². The molecule has 0 aliphatic rings. The lowest BCUT2D eigenvalue weighted by Crippen LogP contribution is -2.17. The summed E-state index contributed by atoms with van der Waals surface area (Å²) in [6.07, 6.45) is -0.716. The van der Waals surface area contributed by atoms with Crippen LogP contribution in [0.2, 0.25) is 0 Å². The Morgan fingerprint density at radius 2 is 1.56 bits per heavy atom. The van der Waals surface area contributed by atoms with Crippen LogP contribution in [0.1, 0.15) is 11.7 Å². The van der Waals surface area contributed by atoms with Gasteiger partial charge in [-0.05, 0) is 28.8 Å². The van der Waals surface area contributed by atoms with Gasteiger partial charge in [0.15, 0.2) is 0 Å². The number of benzene rings is 3. The zero-order valence-electron chi connectivity index (χ0n) is 14.6. The van der Waals surface area contributed by atoms with E-state index in [1.54, 1.807) is 18.2 Å². The molecule has 0 radical (unpaired) electrons. The van der Waals surface area contributed by atoms with E-state index in [-0.39, 0.29) is 12.1 Å². The van der Waals surface area contributed by atoms with Gasteiger partial charge in [0.2, 0.25) is 5.95 Å². The smallest absolute Gasteiger partial charge is 0.260 e. The van der Waals surface area contributed by atoms with E-state index in [1.165, 1.54) is 0 Å². The van der Waals surface area contributed by atoms with Crippen LogP contribution in [-0.2, 0) is 0 Å². The van der Waals surface area contributed by atoms with Gasteiger partial charge in [-0.1, -0.05) is 66.7 Å². The first-order valence-corrected chi connectivity index (χ1v) is 8.77. The summed E-state index contributed by atoms with van der Waals surface area (Å²) < 4.78 is 0. The number of aliphatic hydroxyl groups excluding tert-OH is 1. The number of fused-ring (bicyclic) bond motifs is 1. The first-order chi connectivity index (χ1) is 13.2. The highest BCUT2D eigenvalue weighted by Crippen LogP contribution is 2.22. The van der Waals surface area contributed by atoms with Crippen LogP contribution in [0.4, 0.5) is 5.95 Å².